The standard InChI is InChI=1S/C18H23FN4O2S/c1-13-14(3-2-4-16(13)19)8-22-5-6-23(9-15-7-20-12-21-15)18-11-26(24,25)10-17(18)22/h2-4,7,12,17-18H,5-6,8-11H2,1H3,(H,20,21)/t17-,18+/m1/s1. The molecular formula is C18H23FN4O2S. The molecule has 0 radical (unpaired) electrons. The molecule has 140 valence electrons. The van der Waals surface area contributed by atoms with Crippen molar-refractivity contribution >= 4 is 9.84 Å². The van der Waals surface area contributed by atoms with Crippen molar-refractivity contribution in [2.24, 2.45) is 0 Å². The topological polar surface area (TPSA) is 69.3 Å². The van der Waals surface area contributed by atoms with E-state index in [0.717, 1.165) is 24.3 Å². The molecule has 2 aromatic rings. The van der Waals surface area contributed by atoms with Crippen LogP contribution in [0.15, 0.2) is 30.7 Å². The Labute approximate surface area is 153 Å². The Hall–Kier alpha value is -1.77. The van der Waals surface area contributed by atoms with Crippen LogP contribution in [-0.4, -0.2) is 64.9 Å². The largest absolute Gasteiger partial charge is 0.347 e. The normalized spacial score (nSPS) is 26.1. The summed E-state index contributed by atoms with van der Waals surface area (Å²) in [5, 5.41) is 0. The van der Waals surface area contributed by atoms with Gasteiger partial charge in [-0.1, -0.05) is 12.1 Å². The molecule has 6 nitrogen and oxygen atoms in total. The molecule has 2 saturated heterocycles. The van der Waals surface area contributed by atoms with E-state index >= 15 is 0 Å². The monoisotopic (exact) mass is 378 g/mol. The first-order valence-corrected chi connectivity index (χ1v) is 10.6. The average Bonchev–Trinajstić information content (AvgIpc) is 3.20. The molecule has 0 aliphatic carbocycles. The lowest BCUT2D eigenvalue weighted by Gasteiger charge is -2.44. The summed E-state index contributed by atoms with van der Waals surface area (Å²) in [6.07, 6.45) is 3.42. The van der Waals surface area contributed by atoms with Crippen LogP contribution in [0.2, 0.25) is 0 Å². The average molecular weight is 378 g/mol. The van der Waals surface area contributed by atoms with Crippen molar-refractivity contribution in [3.63, 3.8) is 0 Å². The summed E-state index contributed by atoms with van der Waals surface area (Å²) >= 11 is 0. The highest BCUT2D eigenvalue weighted by Crippen LogP contribution is 2.29. The zero-order valence-electron chi connectivity index (χ0n) is 14.7. The first-order chi connectivity index (χ1) is 12.4. The number of aromatic amines is 1. The van der Waals surface area contributed by atoms with Crippen molar-refractivity contribution in [3.05, 3.63) is 53.4 Å². The van der Waals surface area contributed by atoms with E-state index in [-0.39, 0.29) is 29.4 Å². The van der Waals surface area contributed by atoms with Gasteiger partial charge in [-0.15, -0.1) is 0 Å². The maximum atomic E-state index is 13.9. The Morgan fingerprint density at radius 1 is 1.19 bits per heavy atom. The first kappa shape index (κ1) is 17.6. The van der Waals surface area contributed by atoms with Gasteiger partial charge in [0.1, 0.15) is 5.82 Å². The number of imidazole rings is 1. The molecule has 4 rings (SSSR count). The minimum atomic E-state index is -3.07. The number of nitrogens with zero attached hydrogens (tertiary/aromatic N) is 3. The van der Waals surface area contributed by atoms with Gasteiger partial charge in [0.15, 0.2) is 9.84 Å². The van der Waals surface area contributed by atoms with Crippen LogP contribution in [0.3, 0.4) is 0 Å². The number of halogens is 1. The smallest absolute Gasteiger partial charge is 0.153 e. The van der Waals surface area contributed by atoms with Gasteiger partial charge in [-0.3, -0.25) is 9.80 Å². The predicted molar refractivity (Wildman–Crippen MR) is 96.8 cm³/mol. The van der Waals surface area contributed by atoms with Crippen LogP contribution in [0.25, 0.3) is 0 Å². The van der Waals surface area contributed by atoms with Crippen molar-refractivity contribution in [2.45, 2.75) is 32.1 Å². The van der Waals surface area contributed by atoms with Gasteiger partial charge < -0.3 is 4.98 Å². The zero-order chi connectivity index (χ0) is 18.3. The Morgan fingerprint density at radius 2 is 1.88 bits per heavy atom. The second kappa shape index (κ2) is 6.75. The highest BCUT2D eigenvalue weighted by atomic mass is 32.2. The van der Waals surface area contributed by atoms with Crippen LogP contribution in [-0.2, 0) is 22.9 Å². The number of benzene rings is 1. The molecule has 0 spiro atoms. The molecular weight excluding hydrogens is 355 g/mol. The molecule has 2 atom stereocenters. The Bertz CT molecular complexity index is 885. The number of hydrogen-bond donors (Lipinski definition) is 1. The molecule has 2 fully saturated rings. The van der Waals surface area contributed by atoms with E-state index in [2.05, 4.69) is 19.8 Å². The molecule has 0 bridgehead atoms. The van der Waals surface area contributed by atoms with Crippen LogP contribution < -0.4 is 0 Å². The van der Waals surface area contributed by atoms with Gasteiger partial charge >= 0.3 is 0 Å². The number of piperazine rings is 1. The minimum absolute atomic E-state index is 0.0362. The molecule has 26 heavy (non-hydrogen) atoms. The third-order valence-electron chi connectivity index (χ3n) is 5.59. The quantitative estimate of drug-likeness (QED) is 0.870. The molecule has 0 amide bonds. The van der Waals surface area contributed by atoms with Crippen LogP contribution in [0, 0.1) is 12.7 Å². The number of sulfone groups is 1. The highest BCUT2D eigenvalue weighted by molar-refractivity contribution is 7.91. The third kappa shape index (κ3) is 3.41. The van der Waals surface area contributed by atoms with Crippen molar-refractivity contribution < 1.29 is 12.8 Å². The van der Waals surface area contributed by atoms with Crippen LogP contribution >= 0.6 is 0 Å². The molecule has 2 aliphatic heterocycles. The summed E-state index contributed by atoms with van der Waals surface area (Å²) in [6, 6.07) is 5.01. The van der Waals surface area contributed by atoms with Gasteiger partial charge in [-0.05, 0) is 24.1 Å². The number of aromatic nitrogens is 2. The van der Waals surface area contributed by atoms with Gasteiger partial charge in [0.05, 0.1) is 17.8 Å². The first-order valence-electron chi connectivity index (χ1n) is 8.83. The maximum absolute atomic E-state index is 13.9. The number of hydrogen-bond acceptors (Lipinski definition) is 5. The number of fused-ring (bicyclic) bond motifs is 1. The SMILES string of the molecule is Cc1c(F)cccc1CN1CCN(Cc2cnc[nH]2)[C@H]2CS(=O)(=O)C[C@H]21. The van der Waals surface area contributed by atoms with E-state index in [0.29, 0.717) is 18.7 Å². The van der Waals surface area contributed by atoms with Gasteiger partial charge in [0.2, 0.25) is 0 Å². The fourth-order valence-electron chi connectivity index (χ4n) is 4.12. The number of nitrogens with one attached hydrogen (secondary N) is 1. The number of H-pyrrole nitrogens is 1. The number of rotatable bonds is 4. The molecule has 8 heteroatoms. The molecule has 1 aromatic carbocycles. The van der Waals surface area contributed by atoms with Crippen molar-refractivity contribution in [1.82, 2.24) is 19.8 Å². The summed E-state index contributed by atoms with van der Waals surface area (Å²) in [5.74, 6) is 0.145. The van der Waals surface area contributed by atoms with Crippen LogP contribution in [0.5, 0.6) is 0 Å². The summed E-state index contributed by atoms with van der Waals surface area (Å²) in [7, 11) is -3.07. The fourth-order valence-corrected chi connectivity index (χ4v) is 6.16. The van der Waals surface area contributed by atoms with Gasteiger partial charge in [-0.2, -0.15) is 0 Å². The third-order valence-corrected chi connectivity index (χ3v) is 7.29. The van der Waals surface area contributed by atoms with Crippen molar-refractivity contribution in [3.8, 4) is 0 Å². The highest BCUT2D eigenvalue weighted by Gasteiger charge is 2.46. The second-order valence-electron chi connectivity index (χ2n) is 7.25. The Balaban J connectivity index is 1.56. The lowest BCUT2D eigenvalue weighted by molar-refractivity contribution is 0.0347. The van der Waals surface area contributed by atoms with Crippen LogP contribution in [0.1, 0.15) is 16.8 Å². The molecule has 0 unspecified atom stereocenters. The molecule has 0 saturated carbocycles. The predicted octanol–water partition coefficient (Wildman–Crippen LogP) is 1.34. The fraction of sp³-hybridized carbons (Fsp3) is 0.500. The lowest BCUT2D eigenvalue weighted by Crippen LogP contribution is -2.58. The van der Waals surface area contributed by atoms with Gasteiger partial charge in [0, 0.05) is 50.2 Å². The Morgan fingerprint density at radius 3 is 2.54 bits per heavy atom. The molecule has 1 N–H and O–H groups in total. The molecule has 2 aliphatic rings. The van der Waals surface area contributed by atoms with E-state index in [1.54, 1.807) is 25.5 Å². The lowest BCUT2D eigenvalue weighted by atomic mass is 10.0. The summed E-state index contributed by atoms with van der Waals surface area (Å²) in [4.78, 5) is 11.6. The second-order valence-corrected chi connectivity index (χ2v) is 9.41. The van der Waals surface area contributed by atoms with Gasteiger partial charge in [0.25, 0.3) is 0 Å². The minimum Gasteiger partial charge on any atom is -0.347 e. The maximum Gasteiger partial charge on any atom is 0.153 e. The van der Waals surface area contributed by atoms with E-state index < -0.39 is 9.84 Å². The van der Waals surface area contributed by atoms with E-state index in [4.69, 9.17) is 0 Å². The van der Waals surface area contributed by atoms with Gasteiger partial charge in [-0.25, -0.2) is 17.8 Å². The van der Waals surface area contributed by atoms with E-state index in [9.17, 15) is 12.8 Å². The zero-order valence-corrected chi connectivity index (χ0v) is 15.5. The van der Waals surface area contributed by atoms with Crippen molar-refractivity contribution in [2.75, 3.05) is 24.6 Å². The summed E-state index contributed by atoms with van der Waals surface area (Å²) in [5.41, 5.74) is 2.56. The Kier molecular flexibility index (Phi) is 4.58. The molecule has 3 heterocycles. The van der Waals surface area contributed by atoms with Crippen molar-refractivity contribution in [1.29, 1.82) is 0 Å². The molecule has 1 aromatic heterocycles. The summed E-state index contributed by atoms with van der Waals surface area (Å²) < 4.78 is 38.5. The summed E-state index contributed by atoms with van der Waals surface area (Å²) in [6.45, 7) is 4.58. The van der Waals surface area contributed by atoms with Crippen LogP contribution in [0.4, 0.5) is 4.39 Å². The van der Waals surface area contributed by atoms with E-state index in [1.165, 1.54) is 6.07 Å². The van der Waals surface area contributed by atoms with E-state index in [1.807, 2.05) is 6.07 Å².